The van der Waals surface area contributed by atoms with Gasteiger partial charge >= 0.3 is 0 Å². The molecule has 1 saturated heterocycles. The van der Waals surface area contributed by atoms with E-state index >= 15 is 0 Å². The highest BCUT2D eigenvalue weighted by Gasteiger charge is 2.44. The summed E-state index contributed by atoms with van der Waals surface area (Å²) in [6, 6.07) is 5.88. The number of aliphatic hydroxyl groups excluding tert-OH is 1. The number of β-amino-alcohol motifs (C(OH)–C–C–N with tert-alkyl or cyclic N) is 1. The summed E-state index contributed by atoms with van der Waals surface area (Å²) < 4.78 is 5.26. The van der Waals surface area contributed by atoms with Crippen LogP contribution in [0, 0.1) is 12.3 Å². The van der Waals surface area contributed by atoms with Crippen molar-refractivity contribution in [2.75, 3.05) is 20.2 Å². The molecule has 2 aromatic rings. The largest absolute Gasteiger partial charge is 0.497 e. The van der Waals surface area contributed by atoms with Gasteiger partial charge in [0, 0.05) is 25.9 Å². The number of amides is 3. The van der Waals surface area contributed by atoms with Crippen LogP contribution in [0.4, 0.5) is 0 Å². The smallest absolute Gasteiger partial charge is 0.246 e. The van der Waals surface area contributed by atoms with Crippen molar-refractivity contribution >= 4 is 34.6 Å². The molecule has 1 aliphatic heterocycles. The van der Waals surface area contributed by atoms with Gasteiger partial charge in [-0.05, 0) is 54.9 Å². The first-order chi connectivity index (χ1) is 20.0. The van der Waals surface area contributed by atoms with E-state index in [-0.39, 0.29) is 37.1 Å². The van der Waals surface area contributed by atoms with Crippen molar-refractivity contribution in [3.8, 4) is 5.75 Å². The molecule has 3 atom stereocenters. The third kappa shape index (κ3) is 7.86. The van der Waals surface area contributed by atoms with E-state index < -0.39 is 23.6 Å². The Morgan fingerprint density at radius 1 is 1.21 bits per heavy atom. The van der Waals surface area contributed by atoms with Crippen molar-refractivity contribution in [3.63, 3.8) is 0 Å². The lowest BCUT2D eigenvalue weighted by atomic mass is 9.85. The maximum absolute atomic E-state index is 13.8. The average molecular weight is 595 g/mol. The molecule has 0 radical (unpaired) electrons. The number of aromatic nitrogens is 1. The Hall–Kier alpha value is -3.50. The molecule has 0 bridgehead atoms. The first-order valence-electron chi connectivity index (χ1n) is 14.4. The highest BCUT2D eigenvalue weighted by Crippen LogP contribution is 2.31. The zero-order chi connectivity index (χ0) is 30.4. The zero-order valence-corrected chi connectivity index (χ0v) is 25.9. The molecule has 3 amide bonds. The number of carbonyl (C=O) groups is 3. The van der Waals surface area contributed by atoms with Crippen LogP contribution in [0.25, 0.3) is 5.57 Å². The van der Waals surface area contributed by atoms with Crippen LogP contribution in [-0.2, 0) is 20.8 Å². The molecule has 226 valence electrons. The number of hydrogen-bond acceptors (Lipinski definition) is 7. The fraction of sp³-hybridized carbons (Fsp3) is 0.500. The van der Waals surface area contributed by atoms with Crippen molar-refractivity contribution < 1.29 is 24.2 Å². The number of aryl methyl sites for hydroxylation is 2. The Balaban J connectivity index is 1.37. The van der Waals surface area contributed by atoms with E-state index in [2.05, 4.69) is 21.7 Å². The molecule has 0 spiro atoms. The number of hydrogen-bond donors (Lipinski definition) is 3. The number of nitrogens with zero attached hydrogens (tertiary/aromatic N) is 2. The van der Waals surface area contributed by atoms with Crippen molar-refractivity contribution in [2.24, 2.45) is 5.41 Å². The molecule has 0 unspecified atom stereocenters. The molecule has 0 saturated carbocycles. The maximum Gasteiger partial charge on any atom is 0.246 e. The van der Waals surface area contributed by atoms with Crippen LogP contribution >= 0.6 is 11.3 Å². The van der Waals surface area contributed by atoms with Crippen LogP contribution < -0.4 is 15.4 Å². The quantitative estimate of drug-likeness (QED) is 0.385. The number of allylic oxidation sites excluding steroid dienone is 3. The number of aliphatic hydroxyl groups is 1. The number of carbonyl (C=O) groups excluding carboxylic acids is 3. The van der Waals surface area contributed by atoms with Gasteiger partial charge in [-0.1, -0.05) is 50.6 Å². The number of nitrogens with one attached hydrogen (secondary N) is 2. The maximum atomic E-state index is 13.8. The Kier molecular flexibility index (Phi) is 10.2. The standard InChI is InChI=1S/C32H42N4O5S/c1-20-28(42-19-34-20)23-12-9-22(10-13-23)17-33-30(39)26-16-24(37)18-36(26)31(40)29(32(2,3)4)35-27(38)14-11-21-7-6-8-25(15-21)41-5/h6-9,12,15,19,24,26,29,37H,10-11,13-14,16-18H2,1-5H3,(H,33,39)(H,35,38)/t24-,26+,29-/m1/s1. The Morgan fingerprint density at radius 3 is 2.64 bits per heavy atom. The molecule has 2 heterocycles. The molecule has 10 heteroatoms. The number of likely N-dealkylation sites (tertiary alicyclic amines) is 1. The van der Waals surface area contributed by atoms with Crippen LogP contribution in [0.2, 0.25) is 0 Å². The Bertz CT molecular complexity index is 1360. The molecule has 2 aliphatic rings. The summed E-state index contributed by atoms with van der Waals surface area (Å²) in [4.78, 5) is 47.0. The average Bonchev–Trinajstić information content (AvgIpc) is 3.58. The highest BCUT2D eigenvalue weighted by molar-refractivity contribution is 7.10. The van der Waals surface area contributed by atoms with Crippen LogP contribution in [0.5, 0.6) is 5.75 Å². The van der Waals surface area contributed by atoms with Crippen molar-refractivity contribution in [2.45, 2.75) is 78.0 Å². The predicted octanol–water partition coefficient (Wildman–Crippen LogP) is 3.81. The van der Waals surface area contributed by atoms with Gasteiger partial charge in [0.15, 0.2) is 0 Å². The first-order valence-corrected chi connectivity index (χ1v) is 15.3. The van der Waals surface area contributed by atoms with Gasteiger partial charge in [-0.15, -0.1) is 11.3 Å². The van der Waals surface area contributed by atoms with Crippen LogP contribution in [0.3, 0.4) is 0 Å². The van der Waals surface area contributed by atoms with Crippen molar-refractivity contribution in [1.29, 1.82) is 0 Å². The topological polar surface area (TPSA) is 121 Å². The normalized spacial score (nSPS) is 19.5. The summed E-state index contributed by atoms with van der Waals surface area (Å²) in [7, 11) is 1.60. The second-order valence-corrected chi connectivity index (χ2v) is 13.0. The molecular formula is C32H42N4O5S. The zero-order valence-electron chi connectivity index (χ0n) is 25.1. The van der Waals surface area contributed by atoms with E-state index in [4.69, 9.17) is 4.74 Å². The molecule has 4 rings (SSSR count). The molecule has 1 aromatic heterocycles. The summed E-state index contributed by atoms with van der Waals surface area (Å²) in [6.07, 6.45) is 5.89. The number of benzene rings is 1. The first kappa shape index (κ1) is 31.4. The third-order valence-corrected chi connectivity index (χ3v) is 8.82. The summed E-state index contributed by atoms with van der Waals surface area (Å²) >= 11 is 1.64. The molecular weight excluding hydrogens is 552 g/mol. The van der Waals surface area contributed by atoms with Crippen LogP contribution in [0.15, 0.2) is 47.5 Å². The molecule has 3 N–H and O–H groups in total. The molecule has 42 heavy (non-hydrogen) atoms. The van der Waals surface area contributed by atoms with Crippen molar-refractivity contribution in [1.82, 2.24) is 20.5 Å². The summed E-state index contributed by atoms with van der Waals surface area (Å²) in [5.74, 6) is -0.194. The fourth-order valence-electron chi connectivity index (χ4n) is 5.38. The van der Waals surface area contributed by atoms with Crippen LogP contribution in [0.1, 0.15) is 62.6 Å². The van der Waals surface area contributed by atoms with Crippen molar-refractivity contribution in [3.05, 3.63) is 63.6 Å². The summed E-state index contributed by atoms with van der Waals surface area (Å²) in [5, 5.41) is 16.3. The van der Waals surface area contributed by atoms with Gasteiger partial charge in [-0.3, -0.25) is 14.4 Å². The van der Waals surface area contributed by atoms with E-state index in [0.717, 1.165) is 35.4 Å². The van der Waals surface area contributed by atoms with Gasteiger partial charge in [-0.25, -0.2) is 4.98 Å². The molecule has 1 fully saturated rings. The minimum atomic E-state index is -0.851. The van der Waals surface area contributed by atoms with Gasteiger partial charge < -0.3 is 25.4 Å². The van der Waals surface area contributed by atoms with Gasteiger partial charge in [0.1, 0.15) is 17.8 Å². The number of methoxy groups -OCH3 is 1. The van der Waals surface area contributed by atoms with Gasteiger partial charge in [0.2, 0.25) is 17.7 Å². The lowest BCUT2D eigenvalue weighted by Gasteiger charge is -2.35. The minimum absolute atomic E-state index is 0.0478. The Morgan fingerprint density at radius 2 is 2.00 bits per heavy atom. The lowest BCUT2D eigenvalue weighted by Crippen LogP contribution is -2.57. The minimum Gasteiger partial charge on any atom is -0.497 e. The summed E-state index contributed by atoms with van der Waals surface area (Å²) in [5.41, 5.74) is 5.58. The summed E-state index contributed by atoms with van der Waals surface area (Å²) in [6.45, 7) is 8.07. The second kappa shape index (κ2) is 13.6. The fourth-order valence-corrected chi connectivity index (χ4v) is 6.25. The van der Waals surface area contributed by atoms with E-state index in [1.54, 1.807) is 18.4 Å². The number of thiazole rings is 1. The molecule has 1 aromatic carbocycles. The van der Waals surface area contributed by atoms with Gasteiger partial charge in [0.25, 0.3) is 0 Å². The van der Waals surface area contributed by atoms with E-state index in [1.165, 1.54) is 15.4 Å². The Labute approximate surface area is 252 Å². The molecule has 9 nitrogen and oxygen atoms in total. The second-order valence-electron chi connectivity index (χ2n) is 12.1. The monoisotopic (exact) mass is 594 g/mol. The van der Waals surface area contributed by atoms with Gasteiger partial charge in [-0.2, -0.15) is 0 Å². The van der Waals surface area contributed by atoms with E-state index in [9.17, 15) is 19.5 Å². The van der Waals surface area contributed by atoms with Gasteiger partial charge in [0.05, 0.1) is 29.3 Å². The SMILES string of the molecule is COc1cccc(CCC(=O)N[C@H](C(=O)N2C[C@H](O)C[C@H]2C(=O)NCC2=CC=C(c3scnc3C)CC2)C(C)(C)C)c1. The predicted molar refractivity (Wildman–Crippen MR) is 164 cm³/mol. The third-order valence-electron chi connectivity index (χ3n) is 7.82. The number of rotatable bonds is 10. The van der Waals surface area contributed by atoms with E-state index in [1.807, 2.05) is 63.5 Å². The molecule has 1 aliphatic carbocycles. The van der Waals surface area contributed by atoms with Crippen LogP contribution in [-0.4, -0.2) is 71.1 Å². The lowest BCUT2D eigenvalue weighted by molar-refractivity contribution is -0.144. The number of ether oxygens (including phenoxy) is 1. The highest BCUT2D eigenvalue weighted by atomic mass is 32.1. The van der Waals surface area contributed by atoms with E-state index in [0.29, 0.717) is 13.0 Å².